The van der Waals surface area contributed by atoms with Crippen molar-refractivity contribution in [2.24, 2.45) is 0 Å². The summed E-state index contributed by atoms with van der Waals surface area (Å²) in [5.74, 6) is 1.62. The lowest BCUT2D eigenvalue weighted by Crippen LogP contribution is -2.33. The van der Waals surface area contributed by atoms with E-state index in [1.165, 1.54) is 32.1 Å². The van der Waals surface area contributed by atoms with Crippen molar-refractivity contribution < 1.29 is 0 Å². The number of alkyl halides is 1. The van der Waals surface area contributed by atoms with Gasteiger partial charge in [-0.3, -0.25) is 0 Å². The van der Waals surface area contributed by atoms with Crippen LogP contribution in [0.2, 0.25) is 0 Å². The minimum absolute atomic E-state index is 0.564. The van der Waals surface area contributed by atoms with Crippen LogP contribution in [-0.2, 0) is 5.88 Å². The van der Waals surface area contributed by atoms with Gasteiger partial charge in [0, 0.05) is 25.2 Å². The van der Waals surface area contributed by atoms with Crippen LogP contribution in [0.3, 0.4) is 0 Å². The van der Waals surface area contributed by atoms with E-state index in [1.54, 1.807) is 0 Å². The SMILES string of the molecule is CN(c1cc(CCl)ccn1)C1CCCCC1. The largest absolute Gasteiger partial charge is 0.357 e. The lowest BCUT2D eigenvalue weighted by Gasteiger charge is -2.32. The Morgan fingerprint density at radius 2 is 2.12 bits per heavy atom. The third-order valence-electron chi connectivity index (χ3n) is 3.45. The van der Waals surface area contributed by atoms with Crippen molar-refractivity contribution in [2.45, 2.75) is 44.0 Å². The molecule has 0 bridgehead atoms. The molecule has 0 spiro atoms. The highest BCUT2D eigenvalue weighted by Crippen LogP contribution is 2.25. The first-order chi connectivity index (χ1) is 7.81. The van der Waals surface area contributed by atoms with E-state index in [1.807, 2.05) is 12.3 Å². The number of hydrogen-bond acceptors (Lipinski definition) is 2. The number of aromatic nitrogens is 1. The summed E-state index contributed by atoms with van der Waals surface area (Å²) >= 11 is 5.84. The Labute approximate surface area is 103 Å². The van der Waals surface area contributed by atoms with E-state index in [-0.39, 0.29) is 0 Å². The standard InChI is InChI=1S/C13H19ClN2/c1-16(12-5-3-2-4-6-12)13-9-11(10-14)7-8-15-13/h7-9,12H,2-6,10H2,1H3. The lowest BCUT2D eigenvalue weighted by atomic mass is 9.94. The molecule has 0 N–H and O–H groups in total. The van der Waals surface area contributed by atoms with Gasteiger partial charge in [0.15, 0.2) is 0 Å². The van der Waals surface area contributed by atoms with Crippen LogP contribution < -0.4 is 4.90 Å². The molecule has 1 aromatic rings. The Morgan fingerprint density at radius 1 is 1.38 bits per heavy atom. The Balaban J connectivity index is 2.09. The van der Waals surface area contributed by atoms with E-state index in [0.717, 1.165) is 11.4 Å². The zero-order chi connectivity index (χ0) is 11.4. The predicted molar refractivity (Wildman–Crippen MR) is 69.1 cm³/mol. The van der Waals surface area contributed by atoms with Gasteiger partial charge >= 0.3 is 0 Å². The normalized spacial score (nSPS) is 17.4. The number of rotatable bonds is 3. The van der Waals surface area contributed by atoms with Crippen molar-refractivity contribution in [2.75, 3.05) is 11.9 Å². The van der Waals surface area contributed by atoms with Crippen LogP contribution in [0.1, 0.15) is 37.7 Å². The summed E-state index contributed by atoms with van der Waals surface area (Å²) in [5.41, 5.74) is 1.15. The van der Waals surface area contributed by atoms with Crippen LogP contribution in [0.15, 0.2) is 18.3 Å². The van der Waals surface area contributed by atoms with E-state index in [9.17, 15) is 0 Å². The van der Waals surface area contributed by atoms with Crippen molar-refractivity contribution >= 4 is 17.4 Å². The molecule has 1 saturated carbocycles. The molecular formula is C13H19ClN2. The Kier molecular flexibility index (Phi) is 4.05. The second-order valence-electron chi connectivity index (χ2n) is 4.56. The minimum atomic E-state index is 0.564. The lowest BCUT2D eigenvalue weighted by molar-refractivity contribution is 0.426. The van der Waals surface area contributed by atoms with Gasteiger partial charge in [0.2, 0.25) is 0 Å². The fourth-order valence-electron chi connectivity index (χ4n) is 2.39. The number of hydrogen-bond donors (Lipinski definition) is 0. The van der Waals surface area contributed by atoms with Gasteiger partial charge in [0.1, 0.15) is 5.82 Å². The molecule has 16 heavy (non-hydrogen) atoms. The first-order valence-electron chi connectivity index (χ1n) is 6.05. The maximum Gasteiger partial charge on any atom is 0.128 e. The molecule has 0 atom stereocenters. The number of nitrogens with zero attached hydrogens (tertiary/aromatic N) is 2. The topological polar surface area (TPSA) is 16.1 Å². The third-order valence-corrected chi connectivity index (χ3v) is 3.76. The zero-order valence-corrected chi connectivity index (χ0v) is 10.6. The zero-order valence-electron chi connectivity index (χ0n) is 9.82. The van der Waals surface area contributed by atoms with Crippen molar-refractivity contribution in [3.63, 3.8) is 0 Å². The van der Waals surface area contributed by atoms with Crippen LogP contribution in [0.25, 0.3) is 0 Å². The van der Waals surface area contributed by atoms with E-state index >= 15 is 0 Å². The van der Waals surface area contributed by atoms with Crippen LogP contribution in [0, 0.1) is 0 Å². The van der Waals surface area contributed by atoms with Gasteiger partial charge < -0.3 is 4.90 Å². The maximum absolute atomic E-state index is 5.84. The van der Waals surface area contributed by atoms with Gasteiger partial charge in [-0.1, -0.05) is 19.3 Å². The molecule has 1 aliphatic carbocycles. The van der Waals surface area contributed by atoms with Gasteiger partial charge in [-0.15, -0.1) is 11.6 Å². The molecule has 3 heteroatoms. The Hall–Kier alpha value is -0.760. The summed E-state index contributed by atoms with van der Waals surface area (Å²) in [6, 6.07) is 4.74. The van der Waals surface area contributed by atoms with E-state index in [0.29, 0.717) is 11.9 Å². The highest BCUT2D eigenvalue weighted by Gasteiger charge is 2.18. The number of anilines is 1. The summed E-state index contributed by atoms with van der Waals surface area (Å²) in [6.07, 6.45) is 8.53. The second-order valence-corrected chi connectivity index (χ2v) is 4.83. The second kappa shape index (κ2) is 5.53. The fourth-order valence-corrected chi connectivity index (χ4v) is 2.56. The highest BCUT2D eigenvalue weighted by atomic mass is 35.5. The Morgan fingerprint density at radius 3 is 2.81 bits per heavy atom. The molecule has 0 radical (unpaired) electrons. The van der Waals surface area contributed by atoms with Gasteiger partial charge in [-0.05, 0) is 30.5 Å². The molecule has 0 amide bonds. The summed E-state index contributed by atoms with van der Waals surface area (Å²) < 4.78 is 0. The molecule has 0 aromatic carbocycles. The molecule has 0 unspecified atom stereocenters. The maximum atomic E-state index is 5.84. The van der Waals surface area contributed by atoms with E-state index < -0.39 is 0 Å². The highest BCUT2D eigenvalue weighted by molar-refractivity contribution is 6.17. The molecule has 1 heterocycles. The first-order valence-corrected chi connectivity index (χ1v) is 6.58. The van der Waals surface area contributed by atoms with Crippen LogP contribution in [0.4, 0.5) is 5.82 Å². The summed E-state index contributed by atoms with van der Waals surface area (Å²) in [4.78, 5) is 6.74. The molecule has 1 aliphatic rings. The molecule has 0 aliphatic heterocycles. The molecule has 1 fully saturated rings. The smallest absolute Gasteiger partial charge is 0.128 e. The molecular weight excluding hydrogens is 220 g/mol. The average molecular weight is 239 g/mol. The van der Waals surface area contributed by atoms with Crippen LogP contribution in [0.5, 0.6) is 0 Å². The van der Waals surface area contributed by atoms with Crippen LogP contribution in [-0.4, -0.2) is 18.1 Å². The first kappa shape index (κ1) is 11.7. The van der Waals surface area contributed by atoms with Gasteiger partial charge in [0.25, 0.3) is 0 Å². The van der Waals surface area contributed by atoms with Crippen molar-refractivity contribution in [3.05, 3.63) is 23.9 Å². The third kappa shape index (κ3) is 2.67. The van der Waals surface area contributed by atoms with Crippen molar-refractivity contribution in [3.8, 4) is 0 Å². The Bertz CT molecular complexity index is 334. The van der Waals surface area contributed by atoms with Gasteiger partial charge in [-0.25, -0.2) is 4.98 Å². The van der Waals surface area contributed by atoms with Gasteiger partial charge in [-0.2, -0.15) is 0 Å². The molecule has 2 nitrogen and oxygen atoms in total. The molecule has 1 aromatic heterocycles. The quantitative estimate of drug-likeness (QED) is 0.749. The summed E-state index contributed by atoms with van der Waals surface area (Å²) in [6.45, 7) is 0. The van der Waals surface area contributed by atoms with E-state index in [4.69, 9.17) is 11.6 Å². The molecule has 2 rings (SSSR count). The number of pyridine rings is 1. The van der Waals surface area contributed by atoms with Crippen molar-refractivity contribution in [1.29, 1.82) is 0 Å². The molecule has 88 valence electrons. The minimum Gasteiger partial charge on any atom is -0.357 e. The average Bonchev–Trinajstić information content (AvgIpc) is 2.39. The van der Waals surface area contributed by atoms with Gasteiger partial charge in [0.05, 0.1) is 0 Å². The number of halogens is 1. The monoisotopic (exact) mass is 238 g/mol. The summed E-state index contributed by atoms with van der Waals surface area (Å²) in [7, 11) is 2.15. The predicted octanol–water partition coefficient (Wildman–Crippen LogP) is 3.59. The van der Waals surface area contributed by atoms with Crippen molar-refractivity contribution in [1.82, 2.24) is 4.98 Å². The molecule has 0 saturated heterocycles. The fraction of sp³-hybridized carbons (Fsp3) is 0.615. The van der Waals surface area contributed by atoms with Crippen LogP contribution >= 0.6 is 11.6 Å². The summed E-state index contributed by atoms with van der Waals surface area (Å²) in [5, 5.41) is 0. The van der Waals surface area contributed by atoms with E-state index in [2.05, 4.69) is 23.0 Å².